The van der Waals surface area contributed by atoms with Gasteiger partial charge in [0.2, 0.25) is 0 Å². The molecule has 0 heterocycles. The molecule has 2 aromatic carbocycles. The Balaban J connectivity index is 1.72. The number of methoxy groups -OCH3 is 2. The predicted octanol–water partition coefficient (Wildman–Crippen LogP) is 4.24. The average Bonchev–Trinajstić information content (AvgIpc) is 2.96. The van der Waals surface area contributed by atoms with Crippen LogP contribution in [0.5, 0.6) is 0 Å². The van der Waals surface area contributed by atoms with E-state index >= 15 is 0 Å². The van der Waals surface area contributed by atoms with E-state index in [1.54, 1.807) is 37.7 Å². The maximum Gasteiger partial charge on any atom is 0.407 e. The van der Waals surface area contributed by atoms with Crippen LogP contribution in [0.15, 0.2) is 60.7 Å². The molecule has 216 valence electrons. The Morgan fingerprint density at radius 2 is 1.10 bits per heavy atom. The van der Waals surface area contributed by atoms with Gasteiger partial charge in [0.1, 0.15) is 26.8 Å². The van der Waals surface area contributed by atoms with Crippen molar-refractivity contribution in [3.8, 4) is 0 Å². The normalized spacial score (nSPS) is 12.4. The van der Waals surface area contributed by atoms with E-state index in [4.69, 9.17) is 28.4 Å². The van der Waals surface area contributed by atoms with Gasteiger partial charge in [-0.05, 0) is 11.1 Å². The molecule has 0 spiro atoms. The van der Waals surface area contributed by atoms with Crippen molar-refractivity contribution in [1.29, 1.82) is 0 Å². The molecular weight excluding hydrogens is 544 g/mol. The molecule has 0 aromatic heterocycles. The minimum atomic E-state index is -0.508. The molecule has 0 fully saturated rings. The molecular formula is C27H38N2O8S2. The summed E-state index contributed by atoms with van der Waals surface area (Å²) >= 11 is 3.27. The van der Waals surface area contributed by atoms with E-state index in [1.165, 1.54) is 0 Å². The largest absolute Gasteiger partial charge is 0.445 e. The first-order valence-electron chi connectivity index (χ1n) is 12.3. The van der Waals surface area contributed by atoms with Gasteiger partial charge in [0, 0.05) is 30.8 Å². The number of benzene rings is 2. The minimum absolute atomic E-state index is 0.131. The fourth-order valence-corrected chi connectivity index (χ4v) is 5.28. The molecule has 0 unspecified atom stereocenters. The Hall–Kier alpha value is -2.48. The van der Waals surface area contributed by atoms with E-state index in [-0.39, 0.29) is 52.1 Å². The summed E-state index contributed by atoms with van der Waals surface area (Å²) in [6.45, 7) is 1.21. The van der Waals surface area contributed by atoms with E-state index in [1.807, 2.05) is 60.7 Å². The molecule has 2 amide bonds. The maximum atomic E-state index is 12.3. The summed E-state index contributed by atoms with van der Waals surface area (Å²) < 4.78 is 31.5. The Morgan fingerprint density at radius 3 is 1.49 bits per heavy atom. The zero-order valence-corrected chi connectivity index (χ0v) is 24.0. The third-order valence-electron chi connectivity index (χ3n) is 4.91. The van der Waals surface area contributed by atoms with Crippen LogP contribution in [0, 0.1) is 0 Å². The zero-order valence-electron chi connectivity index (χ0n) is 22.4. The van der Waals surface area contributed by atoms with Gasteiger partial charge in [-0.1, -0.05) is 60.7 Å². The highest BCUT2D eigenvalue weighted by Gasteiger charge is 2.16. The lowest BCUT2D eigenvalue weighted by atomic mass is 10.2. The predicted molar refractivity (Wildman–Crippen MR) is 153 cm³/mol. The lowest BCUT2D eigenvalue weighted by Crippen LogP contribution is -2.41. The molecule has 2 N–H and O–H groups in total. The first kappa shape index (κ1) is 32.7. The van der Waals surface area contributed by atoms with Crippen LogP contribution in [0.3, 0.4) is 0 Å². The SMILES string of the molecule is COCOC[C@H](CSCSC[C@@H](COCOC)NC(=O)OCc1ccccc1)NC(=O)OCc1ccccc1. The topological polar surface area (TPSA) is 114 Å². The first-order valence-corrected chi connectivity index (χ1v) is 14.6. The monoisotopic (exact) mass is 582 g/mol. The molecule has 0 bridgehead atoms. The maximum absolute atomic E-state index is 12.3. The van der Waals surface area contributed by atoms with Crippen LogP contribution < -0.4 is 10.6 Å². The van der Waals surface area contributed by atoms with Crippen LogP contribution in [0.1, 0.15) is 11.1 Å². The van der Waals surface area contributed by atoms with Gasteiger partial charge in [-0.2, -0.15) is 0 Å². The van der Waals surface area contributed by atoms with Crippen LogP contribution in [0.2, 0.25) is 0 Å². The van der Waals surface area contributed by atoms with Gasteiger partial charge in [-0.3, -0.25) is 0 Å². The van der Waals surface area contributed by atoms with Crippen molar-refractivity contribution in [2.24, 2.45) is 0 Å². The summed E-state index contributed by atoms with van der Waals surface area (Å²) in [5, 5.41) is 6.43. The summed E-state index contributed by atoms with van der Waals surface area (Å²) in [6.07, 6.45) is -1.02. The average molecular weight is 583 g/mol. The molecule has 0 aliphatic heterocycles. The van der Waals surface area contributed by atoms with E-state index in [2.05, 4.69) is 10.6 Å². The molecule has 0 saturated carbocycles. The lowest BCUT2D eigenvalue weighted by molar-refractivity contribution is -0.0360. The molecule has 10 nitrogen and oxygen atoms in total. The van der Waals surface area contributed by atoms with Crippen molar-refractivity contribution in [1.82, 2.24) is 10.6 Å². The summed E-state index contributed by atoms with van der Waals surface area (Å²) in [7, 11) is 3.08. The number of amides is 2. The molecule has 2 aromatic rings. The zero-order chi connectivity index (χ0) is 28.0. The first-order chi connectivity index (χ1) is 19.1. The van der Waals surface area contributed by atoms with Crippen molar-refractivity contribution in [3.63, 3.8) is 0 Å². The van der Waals surface area contributed by atoms with Gasteiger partial charge in [0.05, 0.1) is 25.3 Å². The van der Waals surface area contributed by atoms with Gasteiger partial charge < -0.3 is 39.1 Å². The van der Waals surface area contributed by atoms with Crippen molar-refractivity contribution < 1.29 is 38.0 Å². The molecule has 2 rings (SSSR count). The minimum Gasteiger partial charge on any atom is -0.445 e. The van der Waals surface area contributed by atoms with Gasteiger partial charge in [-0.25, -0.2) is 9.59 Å². The Morgan fingerprint density at radius 1 is 0.692 bits per heavy atom. The highest BCUT2D eigenvalue weighted by atomic mass is 32.2. The lowest BCUT2D eigenvalue weighted by Gasteiger charge is -2.20. The summed E-state index contributed by atoms with van der Waals surface area (Å²) in [4.78, 5) is 24.6. The Bertz CT molecular complexity index is 838. The number of carbonyl (C=O) groups is 2. The highest BCUT2D eigenvalue weighted by molar-refractivity contribution is 8.16. The van der Waals surface area contributed by atoms with Crippen molar-refractivity contribution >= 4 is 35.7 Å². The van der Waals surface area contributed by atoms with Gasteiger partial charge in [0.15, 0.2) is 0 Å². The molecule has 12 heteroatoms. The smallest absolute Gasteiger partial charge is 0.407 e. The van der Waals surface area contributed by atoms with Gasteiger partial charge >= 0.3 is 12.2 Å². The quantitative estimate of drug-likeness (QED) is 0.174. The van der Waals surface area contributed by atoms with E-state index in [0.29, 0.717) is 11.5 Å². The standard InChI is InChI=1S/C27H38N2O8S2/c1-32-19-34-15-24(28-26(30)36-13-22-9-5-3-6-10-22)17-38-21-39-18-25(16-35-20-33-2)29-27(31)37-14-23-11-7-4-8-12-23/h3-12,24-25H,13-21H2,1-2H3,(H,28,30)(H,29,31)/t24-,25-/m1/s1. The van der Waals surface area contributed by atoms with Crippen molar-refractivity contribution in [2.45, 2.75) is 25.3 Å². The molecule has 2 atom stereocenters. The second-order valence-electron chi connectivity index (χ2n) is 8.22. The molecule has 0 aliphatic rings. The molecule has 39 heavy (non-hydrogen) atoms. The van der Waals surface area contributed by atoms with Crippen LogP contribution in [-0.4, -0.2) is 81.9 Å². The highest BCUT2D eigenvalue weighted by Crippen LogP contribution is 2.15. The summed E-state index contributed by atoms with van der Waals surface area (Å²) in [5.74, 6) is 1.21. The number of hydrogen-bond acceptors (Lipinski definition) is 10. The van der Waals surface area contributed by atoms with Gasteiger partial charge in [0.25, 0.3) is 0 Å². The van der Waals surface area contributed by atoms with E-state index < -0.39 is 12.2 Å². The second-order valence-corrected chi connectivity index (χ2v) is 10.6. The fourth-order valence-electron chi connectivity index (χ4n) is 3.11. The molecule has 0 aliphatic carbocycles. The number of thioether (sulfide) groups is 2. The summed E-state index contributed by atoms with van der Waals surface area (Å²) in [6, 6.07) is 18.4. The number of hydrogen-bond donors (Lipinski definition) is 2. The third-order valence-corrected chi connectivity index (χ3v) is 7.52. The Labute approximate surface area is 238 Å². The van der Waals surface area contributed by atoms with Crippen LogP contribution >= 0.6 is 23.5 Å². The van der Waals surface area contributed by atoms with Crippen LogP contribution in [-0.2, 0) is 41.6 Å². The fraction of sp³-hybridized carbons (Fsp3) is 0.481. The number of rotatable bonds is 20. The number of ether oxygens (including phenoxy) is 6. The number of carbonyl (C=O) groups excluding carboxylic acids is 2. The number of nitrogens with one attached hydrogen (secondary N) is 2. The second kappa shape index (κ2) is 21.4. The molecule has 0 saturated heterocycles. The third kappa shape index (κ3) is 16.3. The van der Waals surface area contributed by atoms with Crippen molar-refractivity contribution in [2.75, 3.05) is 57.6 Å². The molecule has 0 radical (unpaired) electrons. The van der Waals surface area contributed by atoms with Crippen LogP contribution in [0.4, 0.5) is 9.59 Å². The van der Waals surface area contributed by atoms with E-state index in [0.717, 1.165) is 16.2 Å². The Kier molecular flexibility index (Phi) is 17.9. The van der Waals surface area contributed by atoms with Crippen LogP contribution in [0.25, 0.3) is 0 Å². The van der Waals surface area contributed by atoms with Crippen molar-refractivity contribution in [3.05, 3.63) is 71.8 Å². The number of alkyl carbamates (subject to hydrolysis) is 2. The summed E-state index contributed by atoms with van der Waals surface area (Å²) in [5.41, 5.74) is 1.82. The van der Waals surface area contributed by atoms with E-state index in [9.17, 15) is 9.59 Å². The van der Waals surface area contributed by atoms with Gasteiger partial charge in [-0.15, -0.1) is 23.5 Å².